The van der Waals surface area contributed by atoms with Crippen LogP contribution in [0, 0.1) is 6.92 Å². The number of hydrogen-bond donors (Lipinski definition) is 2. The zero-order valence-electron chi connectivity index (χ0n) is 10.1. The van der Waals surface area contributed by atoms with Gasteiger partial charge in [-0.05, 0) is 30.7 Å². The highest BCUT2D eigenvalue weighted by Gasteiger charge is 1.97. The van der Waals surface area contributed by atoms with E-state index in [0.717, 1.165) is 16.9 Å². The van der Waals surface area contributed by atoms with Crippen LogP contribution < -0.4 is 5.73 Å². The van der Waals surface area contributed by atoms with E-state index in [1.165, 1.54) is 0 Å². The lowest BCUT2D eigenvalue weighted by atomic mass is 10.2. The van der Waals surface area contributed by atoms with Crippen LogP contribution in [-0.2, 0) is 0 Å². The number of hydrogen-bond acceptors (Lipinski definition) is 3. The number of aromatic amines is 1. The summed E-state index contributed by atoms with van der Waals surface area (Å²) in [5, 5.41) is 0. The molecule has 0 aliphatic heterocycles. The second-order valence-electron chi connectivity index (χ2n) is 3.77. The number of anilines is 1. The summed E-state index contributed by atoms with van der Waals surface area (Å²) in [6.07, 6.45) is 10.5. The Bertz CT molecular complexity index is 552. The number of H-pyrrole nitrogens is 1. The van der Waals surface area contributed by atoms with Crippen LogP contribution in [0.2, 0.25) is 0 Å². The number of nitrogen functional groups attached to an aromatic ring is 1. The summed E-state index contributed by atoms with van der Waals surface area (Å²) in [5.74, 6) is 0. The highest BCUT2D eigenvalue weighted by molar-refractivity contribution is 5.51. The van der Waals surface area contributed by atoms with E-state index in [0.29, 0.717) is 0 Å². The van der Waals surface area contributed by atoms with Crippen molar-refractivity contribution in [3.63, 3.8) is 0 Å². The fourth-order valence-electron chi connectivity index (χ4n) is 1.45. The summed E-state index contributed by atoms with van der Waals surface area (Å²) < 4.78 is 1.95. The summed E-state index contributed by atoms with van der Waals surface area (Å²) >= 11 is 0. The third kappa shape index (κ3) is 2.98. The lowest BCUT2D eigenvalue weighted by Crippen LogP contribution is -1.94. The third-order valence-corrected chi connectivity index (χ3v) is 2.46. The fraction of sp³-hybridized carbons (Fsp3) is 0.0769. The molecule has 3 aromatic rings. The van der Waals surface area contributed by atoms with E-state index < -0.39 is 0 Å². The van der Waals surface area contributed by atoms with Gasteiger partial charge >= 0.3 is 0 Å². The zero-order valence-corrected chi connectivity index (χ0v) is 10.1. The molecule has 0 aliphatic rings. The van der Waals surface area contributed by atoms with E-state index in [2.05, 4.69) is 15.0 Å². The van der Waals surface area contributed by atoms with Gasteiger partial charge in [0, 0.05) is 36.2 Å². The smallest absolute Gasteiger partial charge is 0.0991 e. The number of imidazole rings is 2. The number of aryl methyl sites for hydroxylation is 1. The maximum absolute atomic E-state index is 5.72. The van der Waals surface area contributed by atoms with Crippen molar-refractivity contribution < 1.29 is 0 Å². The van der Waals surface area contributed by atoms with Gasteiger partial charge in [0.2, 0.25) is 0 Å². The predicted octanol–water partition coefficient (Wildman–Crippen LogP) is 2.17. The van der Waals surface area contributed by atoms with Crippen molar-refractivity contribution in [1.29, 1.82) is 0 Å². The highest BCUT2D eigenvalue weighted by Crippen LogP contribution is 2.15. The van der Waals surface area contributed by atoms with Crippen molar-refractivity contribution in [3.8, 4) is 5.69 Å². The second-order valence-corrected chi connectivity index (χ2v) is 3.77. The van der Waals surface area contributed by atoms with Gasteiger partial charge in [0.15, 0.2) is 0 Å². The van der Waals surface area contributed by atoms with E-state index >= 15 is 0 Å². The normalized spacial score (nSPS) is 9.61. The van der Waals surface area contributed by atoms with Gasteiger partial charge in [-0.2, -0.15) is 0 Å². The SMILES string of the molecule is Cc1cc(-n2ccnc2)ccc1N.c1c[nH]cn1. The van der Waals surface area contributed by atoms with Crippen molar-refractivity contribution in [1.82, 2.24) is 19.5 Å². The topological polar surface area (TPSA) is 72.5 Å². The first-order valence-electron chi connectivity index (χ1n) is 5.54. The molecule has 0 radical (unpaired) electrons. The Labute approximate surface area is 105 Å². The Morgan fingerprint density at radius 1 is 1.22 bits per heavy atom. The third-order valence-electron chi connectivity index (χ3n) is 2.46. The summed E-state index contributed by atoms with van der Waals surface area (Å²) in [6, 6.07) is 5.92. The monoisotopic (exact) mass is 241 g/mol. The molecule has 0 saturated carbocycles. The Kier molecular flexibility index (Phi) is 3.76. The zero-order chi connectivity index (χ0) is 12.8. The summed E-state index contributed by atoms with van der Waals surface area (Å²) in [5.41, 5.74) is 8.72. The number of nitrogens with one attached hydrogen (secondary N) is 1. The van der Waals surface area contributed by atoms with Gasteiger partial charge in [-0.1, -0.05) is 0 Å². The van der Waals surface area contributed by atoms with E-state index in [4.69, 9.17) is 5.73 Å². The van der Waals surface area contributed by atoms with Crippen LogP contribution in [0.3, 0.4) is 0 Å². The van der Waals surface area contributed by atoms with Gasteiger partial charge < -0.3 is 15.3 Å². The van der Waals surface area contributed by atoms with Crippen LogP contribution in [-0.4, -0.2) is 19.5 Å². The molecule has 92 valence electrons. The Hall–Kier alpha value is -2.56. The molecule has 0 bridgehead atoms. The Morgan fingerprint density at radius 2 is 2.11 bits per heavy atom. The maximum atomic E-state index is 5.72. The largest absolute Gasteiger partial charge is 0.399 e. The number of nitrogens with two attached hydrogens (primary N) is 1. The standard InChI is InChI=1S/C10H11N3.C3H4N2/c1-8-6-9(2-3-10(8)11)13-5-4-12-7-13;1-2-5-3-4-1/h2-7H,11H2,1H3;1-3H,(H,4,5). The van der Waals surface area contributed by atoms with Gasteiger partial charge in [0.1, 0.15) is 0 Å². The quantitative estimate of drug-likeness (QED) is 0.641. The predicted molar refractivity (Wildman–Crippen MR) is 71.3 cm³/mol. The van der Waals surface area contributed by atoms with E-state index in [1.54, 1.807) is 31.2 Å². The van der Waals surface area contributed by atoms with Crippen LogP contribution in [0.15, 0.2) is 55.6 Å². The Balaban J connectivity index is 0.000000202. The summed E-state index contributed by atoms with van der Waals surface area (Å²) in [4.78, 5) is 10.4. The van der Waals surface area contributed by atoms with Crippen LogP contribution in [0.25, 0.3) is 5.69 Å². The molecule has 0 saturated heterocycles. The average molecular weight is 241 g/mol. The molecule has 18 heavy (non-hydrogen) atoms. The molecule has 0 amide bonds. The molecule has 0 spiro atoms. The first kappa shape index (κ1) is 11.9. The number of nitrogens with zero attached hydrogens (tertiary/aromatic N) is 3. The molecule has 2 heterocycles. The maximum Gasteiger partial charge on any atom is 0.0991 e. The molecule has 1 aromatic carbocycles. The molecule has 0 fully saturated rings. The molecule has 0 aliphatic carbocycles. The van der Waals surface area contributed by atoms with Crippen molar-refractivity contribution >= 4 is 5.69 Å². The van der Waals surface area contributed by atoms with Gasteiger partial charge in [-0.3, -0.25) is 0 Å². The van der Waals surface area contributed by atoms with Crippen molar-refractivity contribution in [2.24, 2.45) is 0 Å². The minimum Gasteiger partial charge on any atom is -0.399 e. The lowest BCUT2D eigenvalue weighted by Gasteiger charge is -2.04. The molecule has 3 rings (SSSR count). The minimum atomic E-state index is 0.823. The summed E-state index contributed by atoms with van der Waals surface area (Å²) in [6.45, 7) is 2.00. The minimum absolute atomic E-state index is 0.823. The van der Waals surface area contributed by atoms with Crippen molar-refractivity contribution in [3.05, 3.63) is 61.2 Å². The molecule has 2 aromatic heterocycles. The summed E-state index contributed by atoms with van der Waals surface area (Å²) in [7, 11) is 0. The van der Waals surface area contributed by atoms with Gasteiger partial charge in [-0.15, -0.1) is 0 Å². The second kappa shape index (κ2) is 5.67. The number of aromatic nitrogens is 4. The van der Waals surface area contributed by atoms with Crippen molar-refractivity contribution in [2.75, 3.05) is 5.73 Å². The molecule has 5 heteroatoms. The van der Waals surface area contributed by atoms with Crippen LogP contribution in [0.5, 0.6) is 0 Å². The molecular weight excluding hydrogens is 226 g/mol. The van der Waals surface area contributed by atoms with E-state index in [9.17, 15) is 0 Å². The van der Waals surface area contributed by atoms with Gasteiger partial charge in [0.25, 0.3) is 0 Å². The fourth-order valence-corrected chi connectivity index (χ4v) is 1.45. The first-order chi connectivity index (χ1) is 8.77. The van der Waals surface area contributed by atoms with Crippen LogP contribution in [0.4, 0.5) is 5.69 Å². The number of rotatable bonds is 1. The van der Waals surface area contributed by atoms with Crippen LogP contribution >= 0.6 is 0 Å². The molecule has 3 N–H and O–H groups in total. The molecule has 0 unspecified atom stereocenters. The number of benzene rings is 1. The molecule has 0 atom stereocenters. The van der Waals surface area contributed by atoms with Crippen molar-refractivity contribution in [2.45, 2.75) is 6.92 Å². The average Bonchev–Trinajstić information content (AvgIpc) is 3.07. The van der Waals surface area contributed by atoms with Crippen LogP contribution in [0.1, 0.15) is 5.56 Å². The lowest BCUT2D eigenvalue weighted by molar-refractivity contribution is 1.05. The van der Waals surface area contributed by atoms with Gasteiger partial charge in [-0.25, -0.2) is 9.97 Å². The van der Waals surface area contributed by atoms with E-state index in [1.807, 2.05) is 35.9 Å². The van der Waals surface area contributed by atoms with Gasteiger partial charge in [0.05, 0.1) is 12.7 Å². The first-order valence-corrected chi connectivity index (χ1v) is 5.54. The molecular formula is C13H15N5. The Morgan fingerprint density at radius 3 is 2.61 bits per heavy atom. The highest BCUT2D eigenvalue weighted by atomic mass is 15.0. The molecule has 5 nitrogen and oxygen atoms in total. The van der Waals surface area contributed by atoms with E-state index in [-0.39, 0.29) is 0 Å².